The zero-order chi connectivity index (χ0) is 10.4. The predicted octanol–water partition coefficient (Wildman–Crippen LogP) is 2.22. The summed E-state index contributed by atoms with van der Waals surface area (Å²) in [6.07, 6.45) is 0.963. The average Bonchev–Trinajstić information content (AvgIpc) is 2.20. The molecule has 2 nitrogen and oxygen atoms in total. The van der Waals surface area contributed by atoms with E-state index in [1.165, 1.54) is 6.07 Å². The Morgan fingerprint density at radius 3 is 2.79 bits per heavy atom. The van der Waals surface area contributed by atoms with Crippen LogP contribution in [0.5, 0.6) is 0 Å². The van der Waals surface area contributed by atoms with Crippen molar-refractivity contribution in [2.45, 2.75) is 13.3 Å². The van der Waals surface area contributed by atoms with Crippen LogP contribution in [-0.2, 0) is 0 Å². The van der Waals surface area contributed by atoms with E-state index < -0.39 is 0 Å². The molecule has 78 valence electrons. The third-order valence-electron chi connectivity index (χ3n) is 2.23. The molecule has 0 spiro atoms. The fourth-order valence-corrected chi connectivity index (χ4v) is 1.18. The SMILES string of the molecule is CC(CN)CCNc1ccccc1F. The molecular formula is C11H17FN2. The second-order valence-corrected chi connectivity index (χ2v) is 3.54. The van der Waals surface area contributed by atoms with E-state index in [1.807, 2.05) is 6.07 Å². The first-order valence-electron chi connectivity index (χ1n) is 4.92. The minimum Gasteiger partial charge on any atom is -0.383 e. The number of nitrogens with two attached hydrogens (primary N) is 1. The number of benzene rings is 1. The van der Waals surface area contributed by atoms with E-state index in [1.54, 1.807) is 12.1 Å². The Labute approximate surface area is 84.3 Å². The molecule has 0 aliphatic rings. The monoisotopic (exact) mass is 196 g/mol. The van der Waals surface area contributed by atoms with Crippen molar-refractivity contribution in [3.05, 3.63) is 30.1 Å². The molecule has 3 heteroatoms. The molecule has 1 rings (SSSR count). The molecule has 1 unspecified atom stereocenters. The maximum atomic E-state index is 13.1. The van der Waals surface area contributed by atoms with Crippen molar-refractivity contribution in [3.8, 4) is 0 Å². The van der Waals surface area contributed by atoms with Crippen molar-refractivity contribution < 1.29 is 4.39 Å². The van der Waals surface area contributed by atoms with Gasteiger partial charge in [-0.25, -0.2) is 4.39 Å². The van der Waals surface area contributed by atoms with Crippen LogP contribution in [0.4, 0.5) is 10.1 Å². The Morgan fingerprint density at radius 1 is 1.43 bits per heavy atom. The molecule has 0 heterocycles. The van der Waals surface area contributed by atoms with Crippen LogP contribution in [0.15, 0.2) is 24.3 Å². The van der Waals surface area contributed by atoms with Gasteiger partial charge < -0.3 is 11.1 Å². The predicted molar refractivity (Wildman–Crippen MR) is 57.7 cm³/mol. The molecule has 0 amide bonds. The zero-order valence-electron chi connectivity index (χ0n) is 8.46. The van der Waals surface area contributed by atoms with Crippen LogP contribution in [0, 0.1) is 11.7 Å². The summed E-state index contributed by atoms with van der Waals surface area (Å²) in [6, 6.07) is 6.69. The maximum absolute atomic E-state index is 13.1. The topological polar surface area (TPSA) is 38.0 Å². The summed E-state index contributed by atoms with van der Waals surface area (Å²) >= 11 is 0. The molecule has 3 N–H and O–H groups in total. The van der Waals surface area contributed by atoms with E-state index in [-0.39, 0.29) is 5.82 Å². The fourth-order valence-electron chi connectivity index (χ4n) is 1.18. The van der Waals surface area contributed by atoms with Gasteiger partial charge in [0.15, 0.2) is 0 Å². The standard InChI is InChI=1S/C11H17FN2/c1-9(8-13)6-7-14-11-5-3-2-4-10(11)12/h2-5,9,14H,6-8,13H2,1H3. The van der Waals surface area contributed by atoms with Gasteiger partial charge >= 0.3 is 0 Å². The molecule has 14 heavy (non-hydrogen) atoms. The van der Waals surface area contributed by atoms with Crippen LogP contribution in [-0.4, -0.2) is 13.1 Å². The van der Waals surface area contributed by atoms with Gasteiger partial charge in [0.1, 0.15) is 5.82 Å². The van der Waals surface area contributed by atoms with Crippen LogP contribution in [0.3, 0.4) is 0 Å². The number of nitrogens with one attached hydrogen (secondary N) is 1. The first-order chi connectivity index (χ1) is 6.74. The lowest BCUT2D eigenvalue weighted by Crippen LogP contribution is -2.15. The highest BCUT2D eigenvalue weighted by molar-refractivity contribution is 5.44. The molecule has 1 aromatic rings. The van der Waals surface area contributed by atoms with Gasteiger partial charge in [-0.3, -0.25) is 0 Å². The van der Waals surface area contributed by atoms with Crippen molar-refractivity contribution in [1.29, 1.82) is 0 Å². The summed E-state index contributed by atoms with van der Waals surface area (Å²) in [5, 5.41) is 3.05. The molecule has 0 radical (unpaired) electrons. The van der Waals surface area contributed by atoms with Crippen LogP contribution in [0.1, 0.15) is 13.3 Å². The first-order valence-corrected chi connectivity index (χ1v) is 4.92. The van der Waals surface area contributed by atoms with E-state index in [0.717, 1.165) is 13.0 Å². The van der Waals surface area contributed by atoms with Crippen molar-refractivity contribution >= 4 is 5.69 Å². The third-order valence-corrected chi connectivity index (χ3v) is 2.23. The average molecular weight is 196 g/mol. The number of rotatable bonds is 5. The van der Waals surface area contributed by atoms with E-state index in [0.29, 0.717) is 18.2 Å². The van der Waals surface area contributed by atoms with Crippen molar-refractivity contribution in [1.82, 2.24) is 0 Å². The summed E-state index contributed by atoms with van der Waals surface area (Å²) < 4.78 is 13.1. The van der Waals surface area contributed by atoms with E-state index in [2.05, 4.69) is 12.2 Å². The molecule has 0 aliphatic heterocycles. The molecule has 0 aromatic heterocycles. The highest BCUT2D eigenvalue weighted by atomic mass is 19.1. The number of hydrogen-bond acceptors (Lipinski definition) is 2. The van der Waals surface area contributed by atoms with Crippen LogP contribution >= 0.6 is 0 Å². The van der Waals surface area contributed by atoms with Gasteiger partial charge in [-0.1, -0.05) is 19.1 Å². The van der Waals surface area contributed by atoms with Gasteiger partial charge in [-0.2, -0.15) is 0 Å². The number of hydrogen-bond donors (Lipinski definition) is 2. The Hall–Kier alpha value is -1.09. The van der Waals surface area contributed by atoms with Gasteiger partial charge in [0.25, 0.3) is 0 Å². The van der Waals surface area contributed by atoms with Gasteiger partial charge in [0, 0.05) is 6.54 Å². The molecule has 0 fully saturated rings. The van der Waals surface area contributed by atoms with E-state index >= 15 is 0 Å². The summed E-state index contributed by atoms with van der Waals surface area (Å²) in [7, 11) is 0. The Bertz CT molecular complexity index is 276. The number of halogens is 1. The minimum absolute atomic E-state index is 0.201. The number of anilines is 1. The normalized spacial score (nSPS) is 12.5. The lowest BCUT2D eigenvalue weighted by molar-refractivity contribution is 0.559. The maximum Gasteiger partial charge on any atom is 0.146 e. The largest absolute Gasteiger partial charge is 0.383 e. The molecule has 0 saturated heterocycles. The van der Waals surface area contributed by atoms with Crippen LogP contribution < -0.4 is 11.1 Å². The summed E-state index contributed by atoms with van der Waals surface area (Å²) in [5.41, 5.74) is 6.05. The van der Waals surface area contributed by atoms with E-state index in [4.69, 9.17) is 5.73 Å². The Balaban J connectivity index is 2.35. The Morgan fingerprint density at radius 2 is 2.14 bits per heavy atom. The molecular weight excluding hydrogens is 179 g/mol. The first kappa shape index (κ1) is 11.0. The second-order valence-electron chi connectivity index (χ2n) is 3.54. The minimum atomic E-state index is -0.201. The quantitative estimate of drug-likeness (QED) is 0.757. The smallest absolute Gasteiger partial charge is 0.146 e. The van der Waals surface area contributed by atoms with Crippen molar-refractivity contribution in [2.75, 3.05) is 18.4 Å². The molecule has 1 aromatic carbocycles. The second kappa shape index (κ2) is 5.60. The molecule has 1 atom stereocenters. The van der Waals surface area contributed by atoms with E-state index in [9.17, 15) is 4.39 Å². The molecule has 0 bridgehead atoms. The molecule has 0 saturated carbocycles. The third kappa shape index (κ3) is 3.34. The summed E-state index contributed by atoms with van der Waals surface area (Å²) in [4.78, 5) is 0. The van der Waals surface area contributed by atoms with Crippen molar-refractivity contribution in [2.24, 2.45) is 11.7 Å². The van der Waals surface area contributed by atoms with Gasteiger partial charge in [-0.05, 0) is 31.0 Å². The van der Waals surface area contributed by atoms with Crippen molar-refractivity contribution in [3.63, 3.8) is 0 Å². The fraction of sp³-hybridized carbons (Fsp3) is 0.455. The van der Waals surface area contributed by atoms with Gasteiger partial charge in [0.2, 0.25) is 0 Å². The zero-order valence-corrected chi connectivity index (χ0v) is 8.46. The summed E-state index contributed by atoms with van der Waals surface area (Å²) in [5.74, 6) is 0.280. The van der Waals surface area contributed by atoms with Gasteiger partial charge in [-0.15, -0.1) is 0 Å². The van der Waals surface area contributed by atoms with Crippen LogP contribution in [0.2, 0.25) is 0 Å². The highest BCUT2D eigenvalue weighted by Crippen LogP contribution is 2.12. The highest BCUT2D eigenvalue weighted by Gasteiger charge is 2.01. The lowest BCUT2D eigenvalue weighted by atomic mass is 10.1. The summed E-state index contributed by atoms with van der Waals surface area (Å²) in [6.45, 7) is 3.53. The Kier molecular flexibility index (Phi) is 4.40. The lowest BCUT2D eigenvalue weighted by Gasteiger charge is -2.10. The number of para-hydroxylation sites is 1. The van der Waals surface area contributed by atoms with Crippen LogP contribution in [0.25, 0.3) is 0 Å². The molecule has 0 aliphatic carbocycles. The van der Waals surface area contributed by atoms with Gasteiger partial charge in [0.05, 0.1) is 5.69 Å².